The fourth-order valence-electron chi connectivity index (χ4n) is 3.30. The van der Waals surface area contributed by atoms with Crippen LogP contribution in [0.2, 0.25) is 0 Å². The summed E-state index contributed by atoms with van der Waals surface area (Å²) in [5.41, 5.74) is 2.46. The van der Waals surface area contributed by atoms with Crippen molar-refractivity contribution in [3.8, 4) is 11.5 Å². The van der Waals surface area contributed by atoms with E-state index in [9.17, 15) is 8.42 Å². The van der Waals surface area contributed by atoms with Gasteiger partial charge in [-0.1, -0.05) is 20.8 Å². The normalized spacial score (nSPS) is 18.1. The van der Waals surface area contributed by atoms with E-state index in [-0.39, 0.29) is 16.9 Å². The van der Waals surface area contributed by atoms with E-state index in [1.54, 1.807) is 14.2 Å². The van der Waals surface area contributed by atoms with Crippen molar-refractivity contribution in [3.63, 3.8) is 0 Å². The fourth-order valence-corrected chi connectivity index (χ4v) is 4.58. The van der Waals surface area contributed by atoms with E-state index in [1.165, 1.54) is 11.1 Å². The predicted molar refractivity (Wildman–Crippen MR) is 102 cm³/mol. The summed E-state index contributed by atoms with van der Waals surface area (Å²) >= 11 is 0. The Morgan fingerprint density at radius 2 is 1.72 bits per heavy atom. The number of ether oxygens (including phenoxy) is 2. The number of rotatable bonds is 6. The summed E-state index contributed by atoms with van der Waals surface area (Å²) in [5, 5.41) is 0. The molecule has 1 heterocycles. The van der Waals surface area contributed by atoms with Gasteiger partial charge >= 0.3 is 0 Å². The van der Waals surface area contributed by atoms with Gasteiger partial charge in [0.2, 0.25) is 0 Å². The second kappa shape index (κ2) is 7.96. The van der Waals surface area contributed by atoms with Crippen molar-refractivity contribution in [2.45, 2.75) is 39.0 Å². The summed E-state index contributed by atoms with van der Waals surface area (Å²) in [6.45, 7) is 8.79. The monoisotopic (exact) mass is 369 g/mol. The second-order valence-corrected chi connectivity index (χ2v) is 10.0. The average molecular weight is 370 g/mol. The summed E-state index contributed by atoms with van der Waals surface area (Å²) in [6.07, 6.45) is 1.88. The SMILES string of the molecule is COc1cc(OC)c(CCCN2CCS(=O)(=O)CC2)c(C(C)(C)C)c1. The number of hydrogen-bond donors (Lipinski definition) is 0. The maximum absolute atomic E-state index is 11.5. The summed E-state index contributed by atoms with van der Waals surface area (Å²) in [7, 11) is 0.554. The number of benzene rings is 1. The van der Waals surface area contributed by atoms with Crippen LogP contribution in [0.3, 0.4) is 0 Å². The molecule has 0 bridgehead atoms. The Bertz CT molecular complexity index is 678. The zero-order valence-electron chi connectivity index (χ0n) is 16.1. The van der Waals surface area contributed by atoms with E-state index in [0.717, 1.165) is 30.9 Å². The summed E-state index contributed by atoms with van der Waals surface area (Å²) in [6, 6.07) is 4.05. The van der Waals surface area contributed by atoms with Crippen molar-refractivity contribution in [2.24, 2.45) is 0 Å². The van der Waals surface area contributed by atoms with Gasteiger partial charge in [0.05, 0.1) is 25.7 Å². The van der Waals surface area contributed by atoms with E-state index < -0.39 is 9.84 Å². The maximum atomic E-state index is 11.5. The molecule has 0 amide bonds. The number of hydrogen-bond acceptors (Lipinski definition) is 5. The molecule has 0 aromatic heterocycles. The maximum Gasteiger partial charge on any atom is 0.152 e. The molecule has 0 N–H and O–H groups in total. The molecule has 0 radical (unpaired) electrons. The molecule has 142 valence electrons. The van der Waals surface area contributed by atoms with Crippen molar-refractivity contribution in [3.05, 3.63) is 23.3 Å². The third-order valence-electron chi connectivity index (χ3n) is 4.78. The summed E-state index contributed by atoms with van der Waals surface area (Å²) < 4.78 is 34.1. The van der Waals surface area contributed by atoms with Crippen LogP contribution in [-0.2, 0) is 21.7 Å². The van der Waals surface area contributed by atoms with E-state index >= 15 is 0 Å². The minimum atomic E-state index is -2.81. The molecule has 25 heavy (non-hydrogen) atoms. The molecule has 0 saturated carbocycles. The molecule has 6 heteroatoms. The standard InChI is InChI=1S/C19H31NO4S/c1-19(2,3)17-13-15(23-4)14-18(24-5)16(17)7-6-8-20-9-11-25(21,22)12-10-20/h13-14H,6-12H2,1-5H3. The van der Waals surface area contributed by atoms with Gasteiger partial charge in [-0.05, 0) is 42.0 Å². The molecule has 1 aromatic rings. The highest BCUT2D eigenvalue weighted by Gasteiger charge is 2.24. The van der Waals surface area contributed by atoms with Gasteiger partial charge in [0.1, 0.15) is 11.5 Å². The van der Waals surface area contributed by atoms with Crippen LogP contribution >= 0.6 is 0 Å². The molecular formula is C19H31NO4S. The Morgan fingerprint density at radius 1 is 1.08 bits per heavy atom. The molecule has 0 unspecified atom stereocenters. The highest BCUT2D eigenvalue weighted by atomic mass is 32.2. The molecule has 0 spiro atoms. The predicted octanol–water partition coefficient (Wildman–Crippen LogP) is 2.66. The Balaban J connectivity index is 2.10. The Hall–Kier alpha value is -1.27. The van der Waals surface area contributed by atoms with Crippen LogP contribution < -0.4 is 9.47 Å². The van der Waals surface area contributed by atoms with Gasteiger partial charge in [-0.3, -0.25) is 0 Å². The van der Waals surface area contributed by atoms with Crippen LogP contribution in [-0.4, -0.2) is 58.7 Å². The lowest BCUT2D eigenvalue weighted by atomic mass is 9.82. The van der Waals surface area contributed by atoms with Crippen molar-refractivity contribution < 1.29 is 17.9 Å². The van der Waals surface area contributed by atoms with Crippen LogP contribution in [0.5, 0.6) is 11.5 Å². The highest BCUT2D eigenvalue weighted by Crippen LogP contribution is 2.36. The van der Waals surface area contributed by atoms with Crippen molar-refractivity contribution in [1.29, 1.82) is 0 Å². The molecule has 1 fully saturated rings. The molecular weight excluding hydrogens is 338 g/mol. The third kappa shape index (κ3) is 5.35. The van der Waals surface area contributed by atoms with E-state index in [4.69, 9.17) is 9.47 Å². The van der Waals surface area contributed by atoms with Gasteiger partial charge in [0.25, 0.3) is 0 Å². The van der Waals surface area contributed by atoms with Gasteiger partial charge in [0, 0.05) is 19.2 Å². The topological polar surface area (TPSA) is 55.8 Å². The minimum Gasteiger partial charge on any atom is -0.497 e. The lowest BCUT2D eigenvalue weighted by molar-refractivity contribution is 0.291. The molecule has 1 aromatic carbocycles. The molecule has 1 saturated heterocycles. The van der Waals surface area contributed by atoms with Crippen molar-refractivity contribution in [1.82, 2.24) is 4.90 Å². The number of methoxy groups -OCH3 is 2. The molecule has 0 atom stereocenters. The van der Waals surface area contributed by atoms with Gasteiger partial charge in [-0.15, -0.1) is 0 Å². The lowest BCUT2D eigenvalue weighted by Crippen LogP contribution is -2.40. The van der Waals surface area contributed by atoms with Crippen LogP contribution in [0.1, 0.15) is 38.3 Å². The Morgan fingerprint density at radius 3 is 2.24 bits per heavy atom. The van der Waals surface area contributed by atoms with Gasteiger partial charge < -0.3 is 14.4 Å². The smallest absolute Gasteiger partial charge is 0.152 e. The molecule has 5 nitrogen and oxygen atoms in total. The lowest BCUT2D eigenvalue weighted by Gasteiger charge is -2.28. The van der Waals surface area contributed by atoms with Crippen LogP contribution in [0, 0.1) is 0 Å². The zero-order chi connectivity index (χ0) is 18.7. The quantitative estimate of drug-likeness (QED) is 0.772. The summed E-state index contributed by atoms with van der Waals surface area (Å²) in [4.78, 5) is 2.24. The van der Waals surface area contributed by atoms with Gasteiger partial charge in [-0.2, -0.15) is 0 Å². The van der Waals surface area contributed by atoms with E-state index in [0.29, 0.717) is 13.1 Å². The second-order valence-electron chi connectivity index (χ2n) is 7.70. The Kier molecular flexibility index (Phi) is 6.38. The average Bonchev–Trinajstić information content (AvgIpc) is 2.55. The van der Waals surface area contributed by atoms with Gasteiger partial charge in [0.15, 0.2) is 9.84 Å². The molecule has 1 aliphatic heterocycles. The van der Waals surface area contributed by atoms with E-state index in [2.05, 4.69) is 31.7 Å². The molecule has 1 aliphatic rings. The first-order valence-electron chi connectivity index (χ1n) is 8.84. The summed E-state index contributed by atoms with van der Waals surface area (Å²) in [5.74, 6) is 2.25. The zero-order valence-corrected chi connectivity index (χ0v) is 16.9. The van der Waals surface area contributed by atoms with Crippen LogP contribution in [0.4, 0.5) is 0 Å². The first-order chi connectivity index (χ1) is 11.7. The first kappa shape index (κ1) is 20.0. The van der Waals surface area contributed by atoms with Crippen molar-refractivity contribution >= 4 is 9.84 Å². The first-order valence-corrected chi connectivity index (χ1v) is 10.7. The number of sulfone groups is 1. The molecule has 2 rings (SSSR count). The van der Waals surface area contributed by atoms with Crippen LogP contribution in [0.25, 0.3) is 0 Å². The highest BCUT2D eigenvalue weighted by molar-refractivity contribution is 7.91. The Labute approximate surface area is 152 Å². The van der Waals surface area contributed by atoms with E-state index in [1.807, 2.05) is 6.07 Å². The number of nitrogens with zero attached hydrogens (tertiary/aromatic N) is 1. The minimum absolute atomic E-state index is 0.00362. The molecule has 0 aliphatic carbocycles. The van der Waals surface area contributed by atoms with Gasteiger partial charge in [-0.25, -0.2) is 8.42 Å². The largest absolute Gasteiger partial charge is 0.497 e. The van der Waals surface area contributed by atoms with Crippen LogP contribution in [0.15, 0.2) is 12.1 Å². The third-order valence-corrected chi connectivity index (χ3v) is 6.39. The van der Waals surface area contributed by atoms with Crippen molar-refractivity contribution in [2.75, 3.05) is 45.4 Å². The fraction of sp³-hybridized carbons (Fsp3) is 0.684.